The molecule has 1 fully saturated rings. The molecule has 0 unspecified atom stereocenters. The number of aliphatic hydroxyl groups excluding tert-OH is 2. The molecule has 0 aliphatic carbocycles. The van der Waals surface area contributed by atoms with Crippen molar-refractivity contribution in [3.63, 3.8) is 0 Å². The highest BCUT2D eigenvalue weighted by Crippen LogP contribution is 2.28. The first kappa shape index (κ1) is 32.6. The molecule has 11 nitrogen and oxygen atoms in total. The Hall–Kier alpha value is -2.90. The molecule has 0 saturated carbocycles. The zero-order chi connectivity index (χ0) is 30.0. The van der Waals surface area contributed by atoms with Crippen LogP contribution >= 0.6 is 11.3 Å². The molecule has 41 heavy (non-hydrogen) atoms. The van der Waals surface area contributed by atoms with E-state index in [1.165, 1.54) is 4.90 Å². The van der Waals surface area contributed by atoms with Crippen LogP contribution < -0.4 is 10.6 Å². The Morgan fingerprint density at radius 3 is 2.41 bits per heavy atom. The van der Waals surface area contributed by atoms with E-state index >= 15 is 0 Å². The van der Waals surface area contributed by atoms with Gasteiger partial charge in [-0.1, -0.05) is 45.0 Å². The number of aromatic nitrogens is 1. The van der Waals surface area contributed by atoms with Crippen LogP contribution in [0.4, 0.5) is 0 Å². The van der Waals surface area contributed by atoms with E-state index in [2.05, 4.69) is 15.6 Å². The zero-order valence-corrected chi connectivity index (χ0v) is 25.0. The van der Waals surface area contributed by atoms with Crippen LogP contribution in [0, 0.1) is 12.3 Å². The van der Waals surface area contributed by atoms with Crippen molar-refractivity contribution in [1.29, 1.82) is 0 Å². The van der Waals surface area contributed by atoms with Gasteiger partial charge in [0.05, 0.1) is 55.2 Å². The monoisotopic (exact) mass is 590 g/mol. The van der Waals surface area contributed by atoms with Crippen LogP contribution in [0.2, 0.25) is 0 Å². The summed E-state index contributed by atoms with van der Waals surface area (Å²) in [5, 5.41) is 24.8. The lowest BCUT2D eigenvalue weighted by Gasteiger charge is -2.35. The van der Waals surface area contributed by atoms with Gasteiger partial charge in [-0.15, -0.1) is 11.3 Å². The Bertz CT molecular complexity index is 1150. The predicted octanol–water partition coefficient (Wildman–Crippen LogP) is 1.64. The average Bonchev–Trinajstić information content (AvgIpc) is 3.54. The van der Waals surface area contributed by atoms with E-state index in [4.69, 9.17) is 14.6 Å². The summed E-state index contributed by atoms with van der Waals surface area (Å²) < 4.78 is 10.5. The summed E-state index contributed by atoms with van der Waals surface area (Å²) in [5.41, 5.74) is 4.11. The van der Waals surface area contributed by atoms with E-state index in [0.29, 0.717) is 6.61 Å². The number of amides is 3. The second kappa shape index (κ2) is 15.4. The molecule has 3 amide bonds. The molecule has 3 atom stereocenters. The normalized spacial score (nSPS) is 17.9. The van der Waals surface area contributed by atoms with E-state index in [-0.39, 0.29) is 64.2 Å². The number of nitrogens with one attached hydrogen (secondary N) is 2. The molecule has 0 spiro atoms. The molecule has 3 rings (SSSR count). The minimum Gasteiger partial charge on any atom is -0.394 e. The third kappa shape index (κ3) is 9.57. The Morgan fingerprint density at radius 1 is 1.12 bits per heavy atom. The highest BCUT2D eigenvalue weighted by molar-refractivity contribution is 7.13. The van der Waals surface area contributed by atoms with Gasteiger partial charge in [0, 0.05) is 25.9 Å². The summed E-state index contributed by atoms with van der Waals surface area (Å²) in [6.07, 6.45) is -0.666. The number of β-amino-alcohol motifs (C(OH)–C–C–N with tert-alkyl or cyclic N) is 1. The van der Waals surface area contributed by atoms with E-state index in [1.807, 2.05) is 57.5 Å². The number of hydrogen-bond acceptors (Lipinski definition) is 9. The lowest BCUT2D eigenvalue weighted by atomic mass is 9.85. The summed E-state index contributed by atoms with van der Waals surface area (Å²) >= 11 is 1.58. The summed E-state index contributed by atoms with van der Waals surface area (Å²) in [6, 6.07) is 6.12. The molecule has 1 saturated heterocycles. The maximum absolute atomic E-state index is 13.7. The number of aryl methyl sites for hydroxylation is 1. The maximum Gasteiger partial charge on any atom is 0.246 e. The van der Waals surface area contributed by atoms with Crippen molar-refractivity contribution in [2.45, 2.75) is 65.3 Å². The number of aliphatic hydroxyl groups is 2. The van der Waals surface area contributed by atoms with Crippen LogP contribution in [0.3, 0.4) is 0 Å². The Kier molecular flexibility index (Phi) is 12.2. The maximum atomic E-state index is 13.7. The van der Waals surface area contributed by atoms with Gasteiger partial charge >= 0.3 is 0 Å². The fourth-order valence-corrected chi connectivity index (χ4v) is 5.38. The third-order valence-corrected chi connectivity index (χ3v) is 7.77. The average molecular weight is 591 g/mol. The molecule has 1 aromatic carbocycles. The first-order valence-corrected chi connectivity index (χ1v) is 14.7. The van der Waals surface area contributed by atoms with Gasteiger partial charge in [-0.25, -0.2) is 4.98 Å². The van der Waals surface area contributed by atoms with Gasteiger partial charge in [-0.05, 0) is 23.5 Å². The third-order valence-electron chi connectivity index (χ3n) is 6.79. The molecular formula is C29H42N4O7S. The Morgan fingerprint density at radius 2 is 1.80 bits per heavy atom. The van der Waals surface area contributed by atoms with Gasteiger partial charge in [-0.3, -0.25) is 14.4 Å². The number of likely N-dealkylation sites (tertiary alicyclic amines) is 1. The van der Waals surface area contributed by atoms with Crippen LogP contribution in [-0.2, 0) is 30.4 Å². The number of nitrogens with zero attached hydrogens (tertiary/aromatic N) is 2. The fourth-order valence-electron chi connectivity index (χ4n) is 4.56. The van der Waals surface area contributed by atoms with Crippen molar-refractivity contribution in [3.8, 4) is 10.4 Å². The van der Waals surface area contributed by atoms with Crippen molar-refractivity contribution in [2.75, 3.05) is 39.6 Å². The van der Waals surface area contributed by atoms with Gasteiger partial charge in [0.25, 0.3) is 0 Å². The lowest BCUT2D eigenvalue weighted by molar-refractivity contribution is -0.144. The molecule has 1 aliphatic heterocycles. The van der Waals surface area contributed by atoms with Crippen LogP contribution in [0.5, 0.6) is 0 Å². The van der Waals surface area contributed by atoms with Crippen LogP contribution in [0.25, 0.3) is 10.4 Å². The number of benzene rings is 1. The van der Waals surface area contributed by atoms with E-state index in [0.717, 1.165) is 21.7 Å². The molecule has 1 aliphatic rings. The van der Waals surface area contributed by atoms with E-state index < -0.39 is 29.5 Å². The van der Waals surface area contributed by atoms with Crippen molar-refractivity contribution in [3.05, 3.63) is 41.0 Å². The second-order valence-corrected chi connectivity index (χ2v) is 12.0. The van der Waals surface area contributed by atoms with Crippen LogP contribution in [-0.4, -0.2) is 95.6 Å². The number of thiazole rings is 1. The summed E-state index contributed by atoms with van der Waals surface area (Å²) in [5.74, 6) is -1.12. The van der Waals surface area contributed by atoms with Gasteiger partial charge in [0.15, 0.2) is 0 Å². The van der Waals surface area contributed by atoms with Gasteiger partial charge in [0.1, 0.15) is 12.1 Å². The molecule has 2 heterocycles. The topological polar surface area (TPSA) is 150 Å². The zero-order valence-electron chi connectivity index (χ0n) is 24.2. The molecule has 226 valence electrons. The largest absolute Gasteiger partial charge is 0.394 e. The standard InChI is InChI=1S/C29H42N4O7S/c1-19-25(41-18-31-19)21-7-5-20(6-8-21)16-30-27(37)23-15-22(35)17-33(23)28(38)26(29(2,3)4)32-24(36)9-11-39-13-14-40-12-10-34/h5-8,18,22-23,26,34-35H,9-17H2,1-4H3,(H,30,37)(H,32,36)/t22-,23+,26-/m1/s1. The Labute approximate surface area is 245 Å². The smallest absolute Gasteiger partial charge is 0.246 e. The second-order valence-electron chi connectivity index (χ2n) is 11.1. The minimum atomic E-state index is -0.897. The first-order valence-electron chi connectivity index (χ1n) is 13.8. The summed E-state index contributed by atoms with van der Waals surface area (Å²) in [4.78, 5) is 46.3. The van der Waals surface area contributed by atoms with Crippen LogP contribution in [0.15, 0.2) is 29.8 Å². The number of carbonyl (C=O) groups excluding carboxylic acids is 3. The quantitative estimate of drug-likeness (QED) is 0.243. The molecule has 4 N–H and O–H groups in total. The van der Waals surface area contributed by atoms with E-state index in [1.54, 1.807) is 11.3 Å². The lowest BCUT2D eigenvalue weighted by Crippen LogP contribution is -2.57. The number of carbonyl (C=O) groups is 3. The molecular weight excluding hydrogens is 548 g/mol. The SMILES string of the molecule is Cc1ncsc1-c1ccc(CNC(=O)[C@@H]2C[C@@H](O)CN2C(=O)[C@@H](NC(=O)CCOCCOCCO)C(C)(C)C)cc1. The van der Waals surface area contributed by atoms with Gasteiger partial charge < -0.3 is 35.2 Å². The van der Waals surface area contributed by atoms with Crippen molar-refractivity contribution >= 4 is 29.1 Å². The van der Waals surface area contributed by atoms with Gasteiger partial charge in [0.2, 0.25) is 17.7 Å². The molecule has 0 bridgehead atoms. The fraction of sp³-hybridized carbons (Fsp3) is 0.586. The molecule has 1 aromatic heterocycles. The number of rotatable bonds is 14. The predicted molar refractivity (Wildman–Crippen MR) is 155 cm³/mol. The molecule has 12 heteroatoms. The molecule has 0 radical (unpaired) electrons. The summed E-state index contributed by atoms with van der Waals surface area (Å²) in [6.45, 7) is 8.67. The highest BCUT2D eigenvalue weighted by Gasteiger charge is 2.44. The minimum absolute atomic E-state index is 0.0131. The van der Waals surface area contributed by atoms with Crippen molar-refractivity contribution in [1.82, 2.24) is 20.5 Å². The Balaban J connectivity index is 1.57. The van der Waals surface area contributed by atoms with E-state index in [9.17, 15) is 19.5 Å². The van der Waals surface area contributed by atoms with Gasteiger partial charge in [-0.2, -0.15) is 0 Å². The van der Waals surface area contributed by atoms with Crippen LogP contribution in [0.1, 0.15) is 44.9 Å². The van der Waals surface area contributed by atoms with Crippen molar-refractivity contribution < 1.29 is 34.1 Å². The molecule has 2 aromatic rings. The van der Waals surface area contributed by atoms with Crippen molar-refractivity contribution in [2.24, 2.45) is 5.41 Å². The summed E-state index contributed by atoms with van der Waals surface area (Å²) in [7, 11) is 0. The number of ether oxygens (including phenoxy) is 2. The number of hydrogen-bond donors (Lipinski definition) is 4. The first-order chi connectivity index (χ1) is 19.5. The highest BCUT2D eigenvalue weighted by atomic mass is 32.1.